The first-order valence-corrected chi connectivity index (χ1v) is 10.6. The Balaban J connectivity index is 1.31. The molecule has 1 atom stereocenters. The quantitative estimate of drug-likeness (QED) is 0.789. The summed E-state index contributed by atoms with van der Waals surface area (Å²) in [6.45, 7) is 3.47. The molecule has 0 radical (unpaired) electrons. The molecule has 1 amide bonds. The van der Waals surface area contributed by atoms with E-state index in [-0.39, 0.29) is 11.9 Å². The number of nitrogens with zero attached hydrogens (tertiary/aromatic N) is 3. The molecule has 2 aromatic rings. The van der Waals surface area contributed by atoms with Crippen molar-refractivity contribution in [3.8, 4) is 11.8 Å². The van der Waals surface area contributed by atoms with Crippen molar-refractivity contribution >= 4 is 23.5 Å². The number of fused-ring (bicyclic) bond motifs is 2. The number of rotatable bonds is 4. The van der Waals surface area contributed by atoms with Gasteiger partial charge in [0.1, 0.15) is 0 Å². The van der Waals surface area contributed by atoms with Gasteiger partial charge in [-0.15, -0.1) is 5.92 Å². The van der Waals surface area contributed by atoms with Gasteiger partial charge in [0.25, 0.3) is 5.91 Å². The molecule has 0 bridgehead atoms. The maximum atomic E-state index is 12.7. The maximum Gasteiger partial charge on any atom is 0.257 e. The Bertz CT molecular complexity index is 1050. The lowest BCUT2D eigenvalue weighted by Gasteiger charge is -2.28. The molecule has 1 aromatic heterocycles. The molecule has 3 aliphatic rings. The molecule has 1 N–H and O–H groups in total. The zero-order valence-electron chi connectivity index (χ0n) is 16.5. The minimum absolute atomic E-state index is 0.0791. The van der Waals surface area contributed by atoms with E-state index in [4.69, 9.17) is 11.6 Å². The number of carbonyl (C=O) groups is 1. The Hall–Kier alpha value is -2.58. The Kier molecular flexibility index (Phi) is 4.67. The summed E-state index contributed by atoms with van der Waals surface area (Å²) in [6.07, 6.45) is 6.71. The monoisotopic (exact) mass is 406 g/mol. The average molecular weight is 407 g/mol. The van der Waals surface area contributed by atoms with Crippen LogP contribution in [0.15, 0.2) is 18.3 Å². The largest absolute Gasteiger partial charge is 0.351 e. The lowest BCUT2D eigenvalue weighted by atomic mass is 10.0. The molecule has 6 heteroatoms. The fourth-order valence-electron chi connectivity index (χ4n) is 4.39. The Morgan fingerprint density at radius 2 is 2.17 bits per heavy atom. The van der Waals surface area contributed by atoms with Crippen LogP contribution >= 0.6 is 11.6 Å². The predicted octanol–water partition coefficient (Wildman–Crippen LogP) is 3.49. The van der Waals surface area contributed by atoms with E-state index < -0.39 is 0 Å². The molecular formula is C23H23ClN4O. The van der Waals surface area contributed by atoms with Gasteiger partial charge in [-0.1, -0.05) is 17.5 Å². The third-order valence-corrected chi connectivity index (χ3v) is 6.21. The number of hydrogen-bond acceptors (Lipinski definition) is 4. The van der Waals surface area contributed by atoms with Gasteiger partial charge < -0.3 is 10.2 Å². The first-order valence-electron chi connectivity index (χ1n) is 10.3. The van der Waals surface area contributed by atoms with E-state index in [0.717, 1.165) is 48.6 Å². The molecule has 0 saturated heterocycles. The van der Waals surface area contributed by atoms with E-state index >= 15 is 0 Å². The highest BCUT2D eigenvalue weighted by molar-refractivity contribution is 6.30. The van der Waals surface area contributed by atoms with Crippen molar-refractivity contribution in [3.05, 3.63) is 51.3 Å². The van der Waals surface area contributed by atoms with Crippen molar-refractivity contribution in [1.82, 2.24) is 14.9 Å². The van der Waals surface area contributed by atoms with Crippen LogP contribution in [0.2, 0.25) is 5.02 Å². The Morgan fingerprint density at radius 3 is 2.97 bits per heavy atom. The molecule has 29 heavy (non-hydrogen) atoms. The van der Waals surface area contributed by atoms with Gasteiger partial charge in [-0.25, -0.2) is 9.97 Å². The highest BCUT2D eigenvalue weighted by Crippen LogP contribution is 2.32. The van der Waals surface area contributed by atoms with Crippen LogP contribution in [0.4, 0.5) is 5.95 Å². The van der Waals surface area contributed by atoms with Gasteiger partial charge in [0.05, 0.1) is 11.3 Å². The van der Waals surface area contributed by atoms with Crippen molar-refractivity contribution in [3.63, 3.8) is 0 Å². The highest BCUT2D eigenvalue weighted by Gasteiger charge is 2.32. The lowest BCUT2D eigenvalue weighted by Crippen LogP contribution is -2.39. The van der Waals surface area contributed by atoms with E-state index in [1.807, 2.05) is 24.0 Å². The molecule has 1 fully saturated rings. The number of amides is 1. The van der Waals surface area contributed by atoms with Gasteiger partial charge in [0.2, 0.25) is 5.95 Å². The number of benzene rings is 1. The van der Waals surface area contributed by atoms with Crippen molar-refractivity contribution < 1.29 is 4.79 Å². The first kappa shape index (κ1) is 18.4. The van der Waals surface area contributed by atoms with Crippen LogP contribution in [0.5, 0.6) is 0 Å². The van der Waals surface area contributed by atoms with Crippen LogP contribution in [0.1, 0.15) is 52.5 Å². The summed E-state index contributed by atoms with van der Waals surface area (Å²) in [6, 6.07) is 4.16. The first-order chi connectivity index (χ1) is 14.1. The van der Waals surface area contributed by atoms with Crippen LogP contribution < -0.4 is 5.32 Å². The standard InChI is InChI=1S/C23H23ClN4O/c1-2-3-15-8-17(24)9-16-10-18(11-19(15)16)26-23-25-12-20-21(27-23)6-7-28(22(20)29)13-14-4-5-14/h8-9,12,14,18H,4-7,10-11,13H2,1H3,(H,25,26,27). The van der Waals surface area contributed by atoms with Crippen molar-refractivity contribution in [2.24, 2.45) is 5.92 Å². The molecule has 2 aliphatic carbocycles. The molecule has 1 unspecified atom stereocenters. The minimum Gasteiger partial charge on any atom is -0.351 e. The van der Waals surface area contributed by atoms with E-state index in [0.29, 0.717) is 17.4 Å². The molecule has 1 aromatic carbocycles. The second kappa shape index (κ2) is 7.35. The zero-order chi connectivity index (χ0) is 20.0. The van der Waals surface area contributed by atoms with Crippen LogP contribution in [0.3, 0.4) is 0 Å². The van der Waals surface area contributed by atoms with E-state index in [9.17, 15) is 4.79 Å². The summed E-state index contributed by atoms with van der Waals surface area (Å²) in [5.74, 6) is 7.51. The summed E-state index contributed by atoms with van der Waals surface area (Å²) in [4.78, 5) is 23.8. The fraction of sp³-hybridized carbons (Fsp3) is 0.435. The Labute approximate surface area is 175 Å². The van der Waals surface area contributed by atoms with Gasteiger partial charge in [0, 0.05) is 42.3 Å². The summed E-state index contributed by atoms with van der Waals surface area (Å²) in [5.41, 5.74) is 5.01. The van der Waals surface area contributed by atoms with E-state index in [2.05, 4.69) is 27.1 Å². The summed E-state index contributed by atoms with van der Waals surface area (Å²) < 4.78 is 0. The molecular weight excluding hydrogens is 384 g/mol. The topological polar surface area (TPSA) is 58.1 Å². The van der Waals surface area contributed by atoms with Crippen LogP contribution in [0.25, 0.3) is 0 Å². The van der Waals surface area contributed by atoms with Crippen molar-refractivity contribution in [2.75, 3.05) is 18.4 Å². The number of nitrogens with one attached hydrogen (secondary N) is 1. The molecule has 148 valence electrons. The SMILES string of the molecule is CC#Cc1cc(Cl)cc2c1CC(Nc1ncc3c(n1)CCN(CC1CC1)C3=O)C2. The van der Waals surface area contributed by atoms with Crippen molar-refractivity contribution in [1.29, 1.82) is 0 Å². The van der Waals surface area contributed by atoms with E-state index in [1.54, 1.807) is 6.20 Å². The van der Waals surface area contributed by atoms with Crippen LogP contribution in [-0.4, -0.2) is 39.9 Å². The Morgan fingerprint density at radius 1 is 1.31 bits per heavy atom. The number of hydrogen-bond donors (Lipinski definition) is 1. The molecule has 2 heterocycles. The fourth-order valence-corrected chi connectivity index (χ4v) is 4.63. The van der Waals surface area contributed by atoms with Gasteiger partial charge in [-0.05, 0) is 61.8 Å². The third kappa shape index (κ3) is 3.70. The highest BCUT2D eigenvalue weighted by atomic mass is 35.5. The van der Waals surface area contributed by atoms with Gasteiger partial charge in [-0.3, -0.25) is 4.79 Å². The van der Waals surface area contributed by atoms with Crippen LogP contribution in [-0.2, 0) is 19.3 Å². The van der Waals surface area contributed by atoms with Crippen molar-refractivity contribution in [2.45, 2.75) is 45.1 Å². The third-order valence-electron chi connectivity index (χ3n) is 6.00. The second-order valence-corrected chi connectivity index (χ2v) is 8.65. The summed E-state index contributed by atoms with van der Waals surface area (Å²) in [7, 11) is 0. The van der Waals surface area contributed by atoms with E-state index in [1.165, 1.54) is 24.0 Å². The number of anilines is 1. The van der Waals surface area contributed by atoms with Gasteiger partial charge >= 0.3 is 0 Å². The predicted molar refractivity (Wildman–Crippen MR) is 113 cm³/mol. The van der Waals surface area contributed by atoms with Crippen LogP contribution in [0, 0.1) is 17.8 Å². The maximum absolute atomic E-state index is 12.7. The smallest absolute Gasteiger partial charge is 0.257 e. The molecule has 5 rings (SSSR count). The molecule has 5 nitrogen and oxygen atoms in total. The average Bonchev–Trinajstić information content (AvgIpc) is 3.42. The number of carbonyl (C=O) groups excluding carboxylic acids is 1. The number of halogens is 1. The second-order valence-electron chi connectivity index (χ2n) is 8.21. The zero-order valence-corrected chi connectivity index (χ0v) is 17.2. The van der Waals surface area contributed by atoms with Gasteiger partial charge in [0.15, 0.2) is 0 Å². The van der Waals surface area contributed by atoms with Gasteiger partial charge in [-0.2, -0.15) is 0 Å². The molecule has 1 aliphatic heterocycles. The summed E-state index contributed by atoms with van der Waals surface area (Å²) in [5, 5.41) is 4.18. The molecule has 0 spiro atoms. The normalized spacial score (nSPS) is 20.0. The minimum atomic E-state index is 0.0791. The summed E-state index contributed by atoms with van der Waals surface area (Å²) >= 11 is 6.26. The lowest BCUT2D eigenvalue weighted by molar-refractivity contribution is 0.0729. The molecule has 1 saturated carbocycles. The number of aromatic nitrogens is 2.